The minimum absolute atomic E-state index is 0. The predicted octanol–water partition coefficient (Wildman–Crippen LogP) is 2.13. The van der Waals surface area contributed by atoms with Gasteiger partial charge in [-0.1, -0.05) is 0 Å². The SMILES string of the molecule is Cl.ClCCN1C[C@@H]2CC[C@H]1C2. The maximum absolute atomic E-state index is 5.68. The first kappa shape index (κ1) is 9.63. The molecule has 1 saturated carbocycles. The Morgan fingerprint density at radius 1 is 1.36 bits per heavy atom. The maximum Gasteiger partial charge on any atom is 0.0351 e. The van der Waals surface area contributed by atoms with Gasteiger partial charge in [0.15, 0.2) is 0 Å². The van der Waals surface area contributed by atoms with E-state index in [4.69, 9.17) is 11.6 Å². The standard InChI is InChI=1S/C8H14ClN.ClH/c9-3-4-10-6-7-1-2-8(10)5-7;/h7-8H,1-6H2;1H/t7-,8+;/m1./s1. The van der Waals surface area contributed by atoms with Gasteiger partial charge < -0.3 is 0 Å². The fourth-order valence-electron chi connectivity index (χ4n) is 2.41. The van der Waals surface area contributed by atoms with Crippen LogP contribution in [-0.2, 0) is 0 Å². The van der Waals surface area contributed by atoms with Crippen LogP contribution >= 0.6 is 24.0 Å². The first-order valence-corrected chi connectivity index (χ1v) is 4.73. The maximum atomic E-state index is 5.68. The first-order valence-electron chi connectivity index (χ1n) is 4.20. The van der Waals surface area contributed by atoms with Crippen LogP contribution in [0.4, 0.5) is 0 Å². The summed E-state index contributed by atoms with van der Waals surface area (Å²) in [7, 11) is 0. The fraction of sp³-hybridized carbons (Fsp3) is 1.00. The van der Waals surface area contributed by atoms with Gasteiger partial charge in [-0.15, -0.1) is 24.0 Å². The summed E-state index contributed by atoms with van der Waals surface area (Å²) in [6, 6.07) is 0.906. The summed E-state index contributed by atoms with van der Waals surface area (Å²) in [6.07, 6.45) is 4.36. The Hall–Kier alpha value is 0.540. The molecule has 0 N–H and O–H groups in total. The number of nitrogens with zero attached hydrogens (tertiary/aromatic N) is 1. The highest BCUT2D eigenvalue weighted by molar-refractivity contribution is 6.18. The molecule has 0 aromatic heterocycles. The lowest BCUT2D eigenvalue weighted by Gasteiger charge is -2.25. The van der Waals surface area contributed by atoms with Gasteiger partial charge in [0, 0.05) is 25.0 Å². The normalized spacial score (nSPS) is 35.7. The van der Waals surface area contributed by atoms with Crippen molar-refractivity contribution in [2.75, 3.05) is 19.0 Å². The Morgan fingerprint density at radius 3 is 2.64 bits per heavy atom. The largest absolute Gasteiger partial charge is 0.299 e. The molecule has 2 rings (SSSR count). The molecule has 2 atom stereocenters. The van der Waals surface area contributed by atoms with Gasteiger partial charge in [-0.25, -0.2) is 0 Å². The van der Waals surface area contributed by atoms with E-state index in [1.165, 1.54) is 25.8 Å². The van der Waals surface area contributed by atoms with Crippen LogP contribution in [-0.4, -0.2) is 29.9 Å². The molecule has 2 fully saturated rings. The molecule has 3 heteroatoms. The third-order valence-corrected chi connectivity index (χ3v) is 3.06. The van der Waals surface area contributed by atoms with E-state index in [-0.39, 0.29) is 12.4 Å². The fourth-order valence-corrected chi connectivity index (χ4v) is 2.63. The Bertz CT molecular complexity index is 129. The number of hydrogen-bond donors (Lipinski definition) is 0. The summed E-state index contributed by atoms with van der Waals surface area (Å²) in [5.74, 6) is 1.83. The van der Waals surface area contributed by atoms with Crippen LogP contribution in [0.1, 0.15) is 19.3 Å². The number of fused-ring (bicyclic) bond motifs is 2. The second-order valence-corrected chi connectivity index (χ2v) is 3.89. The summed E-state index contributed by atoms with van der Waals surface area (Å²) in [6.45, 7) is 2.44. The molecule has 1 heterocycles. The van der Waals surface area contributed by atoms with Gasteiger partial charge in [-0.05, 0) is 25.2 Å². The molecule has 0 radical (unpaired) electrons. The summed E-state index contributed by atoms with van der Waals surface area (Å²) < 4.78 is 0. The van der Waals surface area contributed by atoms with Gasteiger partial charge in [0.05, 0.1) is 0 Å². The van der Waals surface area contributed by atoms with Crippen LogP contribution in [0.3, 0.4) is 0 Å². The topological polar surface area (TPSA) is 3.24 Å². The van der Waals surface area contributed by atoms with E-state index in [1.54, 1.807) is 0 Å². The van der Waals surface area contributed by atoms with Crippen molar-refractivity contribution in [1.82, 2.24) is 4.90 Å². The number of hydrogen-bond acceptors (Lipinski definition) is 1. The summed E-state index contributed by atoms with van der Waals surface area (Å²) in [5.41, 5.74) is 0. The van der Waals surface area contributed by atoms with Gasteiger partial charge in [0.25, 0.3) is 0 Å². The number of rotatable bonds is 2. The van der Waals surface area contributed by atoms with E-state index < -0.39 is 0 Å². The molecule has 1 aliphatic heterocycles. The van der Waals surface area contributed by atoms with E-state index in [0.717, 1.165) is 24.4 Å². The predicted molar refractivity (Wildman–Crippen MR) is 50.7 cm³/mol. The van der Waals surface area contributed by atoms with Crippen LogP contribution in [0.15, 0.2) is 0 Å². The molecule has 1 saturated heterocycles. The molecule has 0 spiro atoms. The van der Waals surface area contributed by atoms with Crippen molar-refractivity contribution in [2.45, 2.75) is 25.3 Å². The van der Waals surface area contributed by atoms with Crippen molar-refractivity contribution in [3.05, 3.63) is 0 Å². The van der Waals surface area contributed by atoms with Gasteiger partial charge in [0.2, 0.25) is 0 Å². The van der Waals surface area contributed by atoms with E-state index in [2.05, 4.69) is 4.90 Å². The van der Waals surface area contributed by atoms with Crippen LogP contribution in [0, 0.1) is 5.92 Å². The highest BCUT2D eigenvalue weighted by atomic mass is 35.5. The lowest BCUT2D eigenvalue weighted by molar-refractivity contribution is 0.226. The first-order chi connectivity index (χ1) is 4.90. The Kier molecular flexibility index (Phi) is 3.48. The van der Waals surface area contributed by atoms with Gasteiger partial charge in [-0.3, -0.25) is 4.90 Å². The molecule has 1 nitrogen and oxygen atoms in total. The second kappa shape index (κ2) is 3.97. The lowest BCUT2D eigenvalue weighted by Crippen LogP contribution is -2.33. The molecule has 0 amide bonds. The zero-order valence-electron chi connectivity index (χ0n) is 6.63. The molecule has 0 unspecified atom stereocenters. The van der Waals surface area contributed by atoms with Crippen LogP contribution in [0.5, 0.6) is 0 Å². The van der Waals surface area contributed by atoms with Crippen molar-refractivity contribution in [3.63, 3.8) is 0 Å². The quantitative estimate of drug-likeness (QED) is 0.611. The third kappa shape index (κ3) is 1.82. The molecule has 2 bridgehead atoms. The van der Waals surface area contributed by atoms with Crippen molar-refractivity contribution >= 4 is 24.0 Å². The van der Waals surface area contributed by atoms with Crippen LogP contribution in [0.25, 0.3) is 0 Å². The third-order valence-electron chi connectivity index (χ3n) is 2.89. The smallest absolute Gasteiger partial charge is 0.0351 e. The molecular weight excluding hydrogens is 181 g/mol. The van der Waals surface area contributed by atoms with E-state index in [0.29, 0.717) is 0 Å². The van der Waals surface area contributed by atoms with E-state index in [1.807, 2.05) is 0 Å². The van der Waals surface area contributed by atoms with Gasteiger partial charge in [0.1, 0.15) is 0 Å². The zero-order chi connectivity index (χ0) is 6.97. The summed E-state index contributed by atoms with van der Waals surface area (Å²) in [5, 5.41) is 0. The average molecular weight is 196 g/mol. The number of halogens is 2. The van der Waals surface area contributed by atoms with E-state index >= 15 is 0 Å². The Morgan fingerprint density at radius 2 is 2.18 bits per heavy atom. The number of likely N-dealkylation sites (tertiary alicyclic amines) is 1. The molecule has 0 aromatic rings. The van der Waals surface area contributed by atoms with E-state index in [9.17, 15) is 0 Å². The van der Waals surface area contributed by atoms with Gasteiger partial charge >= 0.3 is 0 Å². The van der Waals surface area contributed by atoms with Crippen LogP contribution < -0.4 is 0 Å². The molecule has 11 heavy (non-hydrogen) atoms. The molecule has 1 aliphatic carbocycles. The minimum atomic E-state index is 0. The van der Waals surface area contributed by atoms with Crippen molar-refractivity contribution < 1.29 is 0 Å². The number of alkyl halides is 1. The minimum Gasteiger partial charge on any atom is -0.299 e. The zero-order valence-corrected chi connectivity index (χ0v) is 8.20. The molecule has 2 aliphatic rings. The van der Waals surface area contributed by atoms with Crippen molar-refractivity contribution in [1.29, 1.82) is 0 Å². The highest BCUT2D eigenvalue weighted by Crippen LogP contribution is 2.36. The summed E-state index contributed by atoms with van der Waals surface area (Å²) in [4.78, 5) is 2.56. The summed E-state index contributed by atoms with van der Waals surface area (Å²) >= 11 is 5.68. The molecule has 0 aromatic carbocycles. The molecule has 66 valence electrons. The monoisotopic (exact) mass is 195 g/mol. The highest BCUT2D eigenvalue weighted by Gasteiger charge is 2.36. The van der Waals surface area contributed by atoms with Crippen molar-refractivity contribution in [2.24, 2.45) is 5.92 Å². The second-order valence-electron chi connectivity index (χ2n) is 3.52. The van der Waals surface area contributed by atoms with Crippen LogP contribution in [0.2, 0.25) is 0 Å². The van der Waals surface area contributed by atoms with Crippen molar-refractivity contribution in [3.8, 4) is 0 Å². The Balaban J connectivity index is 0.000000605. The number of piperidine rings is 1. The average Bonchev–Trinajstić information content (AvgIpc) is 2.48. The molecular formula is C8H15Cl2N. The Labute approximate surface area is 79.5 Å². The lowest BCUT2D eigenvalue weighted by atomic mass is 10.1. The van der Waals surface area contributed by atoms with Gasteiger partial charge in [-0.2, -0.15) is 0 Å².